The summed E-state index contributed by atoms with van der Waals surface area (Å²) >= 11 is 0. The van der Waals surface area contributed by atoms with Crippen molar-refractivity contribution in [3.05, 3.63) is 64.7 Å². The van der Waals surface area contributed by atoms with E-state index in [1.165, 1.54) is 12.1 Å². The zero-order chi connectivity index (χ0) is 21.0. The fourth-order valence-corrected chi connectivity index (χ4v) is 4.53. The van der Waals surface area contributed by atoms with Crippen molar-refractivity contribution in [2.24, 2.45) is 0 Å². The number of Topliss-reactive ketones (excluding diaryl/α,β-unsaturated/α-hetero) is 1. The van der Waals surface area contributed by atoms with Gasteiger partial charge >= 0.3 is 6.18 Å². The summed E-state index contributed by atoms with van der Waals surface area (Å²) in [4.78, 5) is 12.0. The van der Waals surface area contributed by atoms with E-state index in [0.717, 1.165) is 24.3 Å². The highest BCUT2D eigenvalue weighted by Gasteiger charge is 2.60. The summed E-state index contributed by atoms with van der Waals surface area (Å²) in [5.41, 5.74) is -3.80. The van der Waals surface area contributed by atoms with Gasteiger partial charge in [-0.05, 0) is 42.7 Å². The quantitative estimate of drug-likeness (QED) is 0.747. The first-order valence-electron chi connectivity index (χ1n) is 9.07. The Morgan fingerprint density at radius 2 is 1.69 bits per heavy atom. The van der Waals surface area contributed by atoms with E-state index in [-0.39, 0.29) is 42.8 Å². The summed E-state index contributed by atoms with van der Waals surface area (Å²) in [6.07, 6.45) is -4.80. The molecule has 2 aromatic rings. The molecule has 1 aliphatic heterocycles. The molecule has 1 heterocycles. The maximum absolute atomic E-state index is 14.9. The van der Waals surface area contributed by atoms with Crippen molar-refractivity contribution >= 4 is 5.78 Å². The van der Waals surface area contributed by atoms with Gasteiger partial charge in [0.05, 0.1) is 5.56 Å². The lowest BCUT2D eigenvalue weighted by Gasteiger charge is -2.53. The molecule has 0 spiro atoms. The van der Waals surface area contributed by atoms with Crippen molar-refractivity contribution in [3.63, 3.8) is 0 Å². The van der Waals surface area contributed by atoms with E-state index < -0.39 is 41.0 Å². The number of hydrogen-bond acceptors (Lipinski definition) is 3. The minimum atomic E-state index is -4.50. The second-order valence-corrected chi connectivity index (χ2v) is 7.72. The third-order valence-electron chi connectivity index (χ3n) is 5.99. The Kier molecular flexibility index (Phi) is 4.45. The van der Waals surface area contributed by atoms with Crippen LogP contribution in [0.25, 0.3) is 0 Å². The maximum Gasteiger partial charge on any atom is 0.416 e. The molecule has 0 bridgehead atoms. The van der Waals surface area contributed by atoms with Crippen LogP contribution in [0.15, 0.2) is 36.4 Å². The van der Waals surface area contributed by atoms with Gasteiger partial charge in [-0.2, -0.15) is 13.2 Å². The van der Waals surface area contributed by atoms with Crippen LogP contribution in [-0.4, -0.2) is 23.1 Å². The average molecular weight is 412 g/mol. The van der Waals surface area contributed by atoms with Crippen LogP contribution in [-0.2, 0) is 22.8 Å². The number of hydrogen-bond donors (Lipinski definition) is 1. The fourth-order valence-electron chi connectivity index (χ4n) is 4.53. The Morgan fingerprint density at radius 3 is 2.34 bits per heavy atom. The van der Waals surface area contributed by atoms with E-state index >= 15 is 0 Å². The molecule has 1 unspecified atom stereocenters. The van der Waals surface area contributed by atoms with Crippen molar-refractivity contribution < 1.29 is 36.6 Å². The van der Waals surface area contributed by atoms with Gasteiger partial charge in [0.25, 0.3) is 0 Å². The highest BCUT2D eigenvalue weighted by atomic mass is 19.4. The summed E-state index contributed by atoms with van der Waals surface area (Å²) in [6, 6.07) is 6.15. The van der Waals surface area contributed by atoms with Gasteiger partial charge in [-0.3, -0.25) is 4.79 Å². The van der Waals surface area contributed by atoms with Crippen LogP contribution in [0.2, 0.25) is 0 Å². The fraction of sp³-hybridized carbons (Fsp3) is 0.381. The van der Waals surface area contributed by atoms with E-state index in [0.29, 0.717) is 5.56 Å². The Bertz CT molecular complexity index is 970. The van der Waals surface area contributed by atoms with Crippen molar-refractivity contribution in [3.8, 4) is 5.75 Å². The number of ketones is 1. The molecule has 3 nitrogen and oxygen atoms in total. The first kappa shape index (κ1) is 19.8. The summed E-state index contributed by atoms with van der Waals surface area (Å²) in [5, 5.41) is 11.3. The monoisotopic (exact) mass is 412 g/mol. The normalized spacial score (nSPS) is 26.5. The Morgan fingerprint density at radius 1 is 1.03 bits per heavy atom. The highest BCUT2D eigenvalue weighted by Crippen LogP contribution is 2.54. The molecule has 2 aromatic carbocycles. The molecule has 1 fully saturated rings. The van der Waals surface area contributed by atoms with Gasteiger partial charge in [0.1, 0.15) is 23.8 Å². The van der Waals surface area contributed by atoms with E-state index in [9.17, 15) is 31.9 Å². The minimum absolute atomic E-state index is 0.0279. The van der Waals surface area contributed by atoms with Crippen LogP contribution >= 0.6 is 0 Å². The zero-order valence-electron chi connectivity index (χ0n) is 15.2. The van der Waals surface area contributed by atoms with Gasteiger partial charge in [0, 0.05) is 23.8 Å². The van der Waals surface area contributed by atoms with E-state index in [2.05, 4.69) is 0 Å². The first-order chi connectivity index (χ1) is 13.6. The smallest absolute Gasteiger partial charge is 0.416 e. The molecule has 0 aromatic heterocycles. The third-order valence-corrected chi connectivity index (χ3v) is 5.99. The predicted molar refractivity (Wildman–Crippen MR) is 92.5 cm³/mol. The number of benzene rings is 2. The highest BCUT2D eigenvalue weighted by molar-refractivity contribution is 5.82. The number of ether oxygens (including phenoxy) is 1. The topological polar surface area (TPSA) is 46.5 Å². The predicted octanol–water partition coefficient (Wildman–Crippen LogP) is 4.34. The molecule has 2 aliphatic rings. The molecule has 2 atom stereocenters. The van der Waals surface area contributed by atoms with Gasteiger partial charge in [-0.1, -0.05) is 12.1 Å². The Balaban J connectivity index is 1.85. The second kappa shape index (κ2) is 6.52. The van der Waals surface area contributed by atoms with Gasteiger partial charge in [-0.25, -0.2) is 8.78 Å². The zero-order valence-corrected chi connectivity index (χ0v) is 15.2. The number of rotatable bonds is 2. The largest absolute Gasteiger partial charge is 0.487 e. The maximum atomic E-state index is 14.9. The molecule has 1 N–H and O–H groups in total. The lowest BCUT2D eigenvalue weighted by molar-refractivity contribution is -0.146. The number of carbonyl (C=O) groups excluding carboxylic acids is 1. The van der Waals surface area contributed by atoms with Gasteiger partial charge in [-0.15, -0.1) is 0 Å². The van der Waals surface area contributed by atoms with Crippen LogP contribution in [0.5, 0.6) is 5.75 Å². The number of aliphatic hydroxyl groups is 1. The van der Waals surface area contributed by atoms with Gasteiger partial charge in [0.15, 0.2) is 11.6 Å². The van der Waals surface area contributed by atoms with Crippen LogP contribution in [0, 0.1) is 11.6 Å². The summed E-state index contributed by atoms with van der Waals surface area (Å²) < 4.78 is 73.1. The lowest BCUT2D eigenvalue weighted by atomic mass is 9.56. The first-order valence-corrected chi connectivity index (χ1v) is 9.07. The lowest BCUT2D eigenvalue weighted by Crippen LogP contribution is -2.62. The minimum Gasteiger partial charge on any atom is -0.487 e. The van der Waals surface area contributed by atoms with Crippen LogP contribution in [0.3, 0.4) is 0 Å². The van der Waals surface area contributed by atoms with E-state index in [1.807, 2.05) is 0 Å². The molecule has 0 amide bonds. The summed E-state index contributed by atoms with van der Waals surface area (Å²) in [6.45, 7) is -0.410. The molecule has 1 aliphatic carbocycles. The Labute approximate surface area is 163 Å². The van der Waals surface area contributed by atoms with E-state index in [1.54, 1.807) is 0 Å². The standard InChI is InChI=1S/C21H17F5O3/c22-15-5-6-16(23)18-17(15)19(8-7-14(27)10-20(19,28)11-29-18)9-12-1-3-13(4-2-12)21(24,25)26/h1-6,28H,7-11H2/t19?,20-/m0/s1. The molecule has 0 saturated heterocycles. The van der Waals surface area contributed by atoms with Crippen LogP contribution in [0.4, 0.5) is 22.0 Å². The van der Waals surface area contributed by atoms with Gasteiger partial charge in [0.2, 0.25) is 0 Å². The van der Waals surface area contributed by atoms with Crippen molar-refractivity contribution in [2.45, 2.75) is 42.9 Å². The number of alkyl halides is 3. The SMILES string of the molecule is O=C1CCC2(Cc3ccc(C(F)(F)F)cc3)c3c(F)ccc(F)c3OC[C@@]2(O)C1. The summed E-state index contributed by atoms with van der Waals surface area (Å²) in [7, 11) is 0. The third kappa shape index (κ3) is 3.10. The number of fused-ring (bicyclic) bond motifs is 3. The van der Waals surface area contributed by atoms with Crippen molar-refractivity contribution in [2.75, 3.05) is 6.61 Å². The summed E-state index contributed by atoms with van der Waals surface area (Å²) in [5.74, 6) is -2.15. The molecule has 29 heavy (non-hydrogen) atoms. The van der Waals surface area contributed by atoms with E-state index in [4.69, 9.17) is 4.74 Å². The van der Waals surface area contributed by atoms with Crippen LogP contribution in [0.1, 0.15) is 36.0 Å². The molecular formula is C21H17F5O3. The van der Waals surface area contributed by atoms with Crippen LogP contribution < -0.4 is 4.74 Å². The Hall–Kier alpha value is -2.48. The molecular weight excluding hydrogens is 395 g/mol. The molecule has 1 saturated carbocycles. The number of carbonyl (C=O) groups is 1. The number of halogens is 5. The molecule has 154 valence electrons. The molecule has 0 radical (unpaired) electrons. The van der Waals surface area contributed by atoms with Crippen molar-refractivity contribution in [1.82, 2.24) is 0 Å². The molecule has 8 heteroatoms. The van der Waals surface area contributed by atoms with Crippen molar-refractivity contribution in [1.29, 1.82) is 0 Å². The second-order valence-electron chi connectivity index (χ2n) is 7.72. The average Bonchev–Trinajstić information content (AvgIpc) is 2.64. The van der Waals surface area contributed by atoms with Gasteiger partial charge < -0.3 is 9.84 Å². The molecule has 4 rings (SSSR count).